The van der Waals surface area contributed by atoms with Crippen LogP contribution in [0.3, 0.4) is 0 Å². The van der Waals surface area contributed by atoms with Gasteiger partial charge < -0.3 is 9.52 Å². The van der Waals surface area contributed by atoms with Gasteiger partial charge in [-0.1, -0.05) is 18.1 Å². The van der Waals surface area contributed by atoms with E-state index in [2.05, 4.69) is 15.9 Å². The number of hydrogen-bond donors (Lipinski definition) is 1. The number of fused-ring (bicyclic) bond motifs is 7. The first-order chi connectivity index (χ1) is 15.5. The number of rotatable bonds is 2. The van der Waals surface area contributed by atoms with E-state index in [1.165, 1.54) is 45.2 Å². The van der Waals surface area contributed by atoms with Crippen LogP contribution in [0.2, 0.25) is 0 Å². The summed E-state index contributed by atoms with van der Waals surface area (Å²) in [6.45, 7) is 7.88. The zero-order chi connectivity index (χ0) is 22.0. The van der Waals surface area contributed by atoms with E-state index in [4.69, 9.17) is 4.42 Å². The first kappa shape index (κ1) is 20.5. The van der Waals surface area contributed by atoms with Crippen LogP contribution in [0.5, 0.6) is 5.75 Å². The van der Waals surface area contributed by atoms with Crippen molar-refractivity contribution in [2.24, 2.45) is 11.8 Å². The van der Waals surface area contributed by atoms with Crippen LogP contribution >= 0.6 is 0 Å². The van der Waals surface area contributed by atoms with Crippen LogP contribution in [-0.4, -0.2) is 46.6 Å². The molecule has 1 aliphatic carbocycles. The minimum atomic E-state index is -0.301. The molecule has 3 unspecified atom stereocenters. The molecular formula is C27H34N2O3. The van der Waals surface area contributed by atoms with Crippen molar-refractivity contribution in [2.45, 2.75) is 71.0 Å². The van der Waals surface area contributed by atoms with E-state index in [0.717, 1.165) is 41.4 Å². The lowest BCUT2D eigenvalue weighted by Crippen LogP contribution is -2.59. The SMILES string of the molecule is Cc1c(C)c2ccc(O)c(CN3CCCC4=CC5CC(CN6CCCCC56)[C@@H]43)c2oc1=O. The standard InChI is InChI=1S/C27H34N2O3/c1-16-17(2)27(31)32-26-21(16)8-9-24(30)22(26)15-29-11-5-6-18-12-19-13-20(25(18)29)14-28-10-4-3-7-23(19)28/h8-9,12,19-20,23,25,30H,3-7,10-11,13-15H2,1-2H3/t19?,20?,23?,25-/m1/s1. The Morgan fingerprint density at radius 3 is 2.88 bits per heavy atom. The van der Waals surface area contributed by atoms with Gasteiger partial charge in [0.1, 0.15) is 11.3 Å². The van der Waals surface area contributed by atoms with Gasteiger partial charge in [-0.15, -0.1) is 0 Å². The Kier molecular flexibility index (Phi) is 4.96. The van der Waals surface area contributed by atoms with E-state index in [1.807, 2.05) is 19.9 Å². The highest BCUT2D eigenvalue weighted by atomic mass is 16.4. The third-order valence-electron chi connectivity index (χ3n) is 8.83. The number of piperidine rings is 3. The van der Waals surface area contributed by atoms with E-state index >= 15 is 0 Å². The van der Waals surface area contributed by atoms with Gasteiger partial charge in [-0.2, -0.15) is 0 Å². The largest absolute Gasteiger partial charge is 0.507 e. The highest BCUT2D eigenvalue weighted by Crippen LogP contribution is 2.45. The molecule has 2 aromatic rings. The van der Waals surface area contributed by atoms with Gasteiger partial charge in [-0.3, -0.25) is 9.80 Å². The number of nitrogens with zero attached hydrogens (tertiary/aromatic N) is 2. The fourth-order valence-corrected chi connectivity index (χ4v) is 7.17. The molecule has 1 aromatic heterocycles. The summed E-state index contributed by atoms with van der Waals surface area (Å²) in [5.74, 6) is 1.60. The van der Waals surface area contributed by atoms with Crippen LogP contribution in [-0.2, 0) is 6.54 Å². The third-order valence-corrected chi connectivity index (χ3v) is 8.83. The Hall–Kier alpha value is -2.11. The summed E-state index contributed by atoms with van der Waals surface area (Å²) in [5, 5.41) is 11.7. The summed E-state index contributed by atoms with van der Waals surface area (Å²) in [5.41, 5.74) is 4.23. The molecular weight excluding hydrogens is 400 g/mol. The fraction of sp³-hybridized carbons (Fsp3) is 0.593. The molecule has 0 amide bonds. The van der Waals surface area contributed by atoms with Gasteiger partial charge in [0.2, 0.25) is 0 Å². The molecule has 5 nitrogen and oxygen atoms in total. The molecule has 0 saturated carbocycles. The normalized spacial score (nSPS) is 30.6. The minimum absolute atomic E-state index is 0.230. The summed E-state index contributed by atoms with van der Waals surface area (Å²) < 4.78 is 5.75. The molecule has 3 fully saturated rings. The quantitative estimate of drug-likeness (QED) is 0.557. The molecule has 4 aliphatic rings. The highest BCUT2D eigenvalue weighted by Gasteiger charge is 2.46. The smallest absolute Gasteiger partial charge is 0.339 e. The summed E-state index contributed by atoms with van der Waals surface area (Å²) in [6, 6.07) is 4.84. The van der Waals surface area contributed by atoms with Crippen LogP contribution in [0.1, 0.15) is 55.2 Å². The minimum Gasteiger partial charge on any atom is -0.507 e. The molecule has 3 aliphatic heterocycles. The first-order valence-electron chi connectivity index (χ1n) is 12.4. The monoisotopic (exact) mass is 434 g/mol. The van der Waals surface area contributed by atoms with Crippen molar-refractivity contribution in [1.29, 1.82) is 0 Å². The summed E-state index contributed by atoms with van der Waals surface area (Å²) >= 11 is 0. The van der Waals surface area contributed by atoms with E-state index in [9.17, 15) is 9.90 Å². The van der Waals surface area contributed by atoms with E-state index in [-0.39, 0.29) is 11.4 Å². The average molecular weight is 435 g/mol. The number of phenolic OH excluding ortho intramolecular Hbond substituents is 1. The Balaban J connectivity index is 1.38. The number of likely N-dealkylation sites (tertiary alicyclic amines) is 1. The second-order valence-corrected chi connectivity index (χ2v) is 10.6. The lowest BCUT2D eigenvalue weighted by Gasteiger charge is -2.54. The van der Waals surface area contributed by atoms with Gasteiger partial charge >= 0.3 is 5.63 Å². The molecule has 170 valence electrons. The second kappa shape index (κ2) is 7.74. The Bertz CT molecular complexity index is 1150. The van der Waals surface area contributed by atoms with Crippen molar-refractivity contribution in [2.75, 3.05) is 19.6 Å². The predicted molar refractivity (Wildman–Crippen MR) is 126 cm³/mol. The third kappa shape index (κ3) is 3.16. The Morgan fingerprint density at radius 1 is 1.12 bits per heavy atom. The molecule has 1 N–H and O–H groups in total. The van der Waals surface area contributed by atoms with Crippen LogP contribution < -0.4 is 5.63 Å². The van der Waals surface area contributed by atoms with Gasteiger partial charge in [0.25, 0.3) is 0 Å². The van der Waals surface area contributed by atoms with Gasteiger partial charge in [0.15, 0.2) is 0 Å². The van der Waals surface area contributed by atoms with E-state index < -0.39 is 0 Å². The maximum Gasteiger partial charge on any atom is 0.339 e. The van der Waals surface area contributed by atoms with Gasteiger partial charge in [-0.25, -0.2) is 4.79 Å². The topological polar surface area (TPSA) is 56.9 Å². The van der Waals surface area contributed by atoms with Gasteiger partial charge in [-0.05, 0) is 88.6 Å². The first-order valence-corrected chi connectivity index (χ1v) is 12.4. The number of aryl methyl sites for hydroxylation is 1. The van der Waals surface area contributed by atoms with Crippen molar-refractivity contribution >= 4 is 11.0 Å². The number of hydrogen-bond acceptors (Lipinski definition) is 5. The van der Waals surface area contributed by atoms with Crippen molar-refractivity contribution in [3.8, 4) is 5.75 Å². The van der Waals surface area contributed by atoms with Crippen LogP contribution in [0.4, 0.5) is 0 Å². The molecule has 4 atom stereocenters. The zero-order valence-corrected chi connectivity index (χ0v) is 19.3. The highest BCUT2D eigenvalue weighted by molar-refractivity contribution is 5.85. The molecule has 3 saturated heterocycles. The van der Waals surface area contributed by atoms with Crippen LogP contribution in [0, 0.1) is 25.7 Å². The van der Waals surface area contributed by atoms with Crippen molar-refractivity contribution in [1.82, 2.24) is 9.80 Å². The molecule has 0 spiro atoms. The Morgan fingerprint density at radius 2 is 2.00 bits per heavy atom. The Labute approximate surface area is 189 Å². The van der Waals surface area contributed by atoms with Crippen molar-refractivity contribution in [3.05, 3.63) is 50.9 Å². The lowest BCUT2D eigenvalue weighted by atomic mass is 9.68. The number of phenols is 1. The predicted octanol–water partition coefficient (Wildman–Crippen LogP) is 4.51. The summed E-state index contributed by atoms with van der Waals surface area (Å²) in [7, 11) is 0. The lowest BCUT2D eigenvalue weighted by molar-refractivity contribution is -0.00274. The summed E-state index contributed by atoms with van der Waals surface area (Å²) in [4.78, 5) is 17.8. The number of benzene rings is 1. The van der Waals surface area contributed by atoms with Crippen LogP contribution in [0.15, 0.2) is 33.0 Å². The maximum absolute atomic E-state index is 12.4. The molecule has 2 bridgehead atoms. The van der Waals surface area contributed by atoms with E-state index in [0.29, 0.717) is 29.7 Å². The zero-order valence-electron chi connectivity index (χ0n) is 19.3. The van der Waals surface area contributed by atoms with Gasteiger partial charge in [0, 0.05) is 36.1 Å². The molecule has 6 rings (SSSR count). The number of aromatic hydroxyl groups is 1. The van der Waals surface area contributed by atoms with E-state index in [1.54, 1.807) is 11.6 Å². The van der Waals surface area contributed by atoms with Crippen LogP contribution in [0.25, 0.3) is 11.0 Å². The van der Waals surface area contributed by atoms with Crippen molar-refractivity contribution < 1.29 is 9.52 Å². The summed E-state index contributed by atoms with van der Waals surface area (Å²) in [6.07, 6.45) is 10.4. The maximum atomic E-state index is 12.4. The molecule has 32 heavy (non-hydrogen) atoms. The average Bonchev–Trinajstić information content (AvgIpc) is 2.79. The second-order valence-electron chi connectivity index (χ2n) is 10.6. The van der Waals surface area contributed by atoms with Crippen molar-refractivity contribution in [3.63, 3.8) is 0 Å². The van der Waals surface area contributed by atoms with Gasteiger partial charge in [0.05, 0.1) is 5.56 Å². The molecule has 1 aromatic carbocycles. The molecule has 0 radical (unpaired) electrons. The molecule has 5 heteroatoms. The molecule has 4 heterocycles. The fourth-order valence-electron chi connectivity index (χ4n) is 7.17.